The number of hydrogen-bond donors (Lipinski definition) is 4. The first-order valence-corrected chi connectivity index (χ1v) is 19.2. The standard InChI is InChI=1S/C45H45N5S/c46-28-43(47)51-44(48)31-13-11-29(12-14-31)33-15-16-35-24-36(18-17-34(35)23-33)37-19-20-39-26-40(22-21-38(39)25-37)42-27-41(30-7-3-1-4-8-30)49-45(50-42)32-9-5-2-6-10-32/h1-5,7-9,11,13-25,29,39,41-45,49-50H,6,10,12,26-27,47-48H2. The van der Waals surface area contributed by atoms with Crippen molar-refractivity contribution in [2.45, 2.75) is 67.0 Å². The minimum atomic E-state index is -0.617. The van der Waals surface area contributed by atoms with Crippen molar-refractivity contribution in [3.8, 4) is 6.07 Å². The minimum Gasteiger partial charge on any atom is -0.316 e. The fraction of sp³-hybridized carbons (Fsp3) is 0.267. The average molecular weight is 688 g/mol. The first-order chi connectivity index (χ1) is 25.0. The molecule has 1 saturated heterocycles. The molecule has 4 aliphatic carbocycles. The molecule has 5 aliphatic rings. The van der Waals surface area contributed by atoms with Crippen LogP contribution in [0.15, 0.2) is 156 Å². The van der Waals surface area contributed by atoms with Crippen molar-refractivity contribution >= 4 is 28.1 Å². The molecule has 3 aromatic rings. The summed E-state index contributed by atoms with van der Waals surface area (Å²) in [6.07, 6.45) is 30.5. The van der Waals surface area contributed by atoms with Crippen LogP contribution in [-0.4, -0.2) is 23.0 Å². The molecule has 1 fully saturated rings. The van der Waals surface area contributed by atoms with E-state index in [2.05, 4.69) is 144 Å². The second kappa shape index (κ2) is 15.0. The summed E-state index contributed by atoms with van der Waals surface area (Å²) in [5, 5.41) is 18.5. The summed E-state index contributed by atoms with van der Waals surface area (Å²) in [6, 6.07) is 27.3. The molecule has 5 nitrogen and oxygen atoms in total. The van der Waals surface area contributed by atoms with Crippen molar-refractivity contribution in [1.82, 2.24) is 10.6 Å². The Hall–Kier alpha value is -4.48. The third-order valence-corrected chi connectivity index (χ3v) is 11.9. The Bertz CT molecular complexity index is 2090. The fourth-order valence-electron chi connectivity index (χ4n) is 8.10. The lowest BCUT2D eigenvalue weighted by Crippen LogP contribution is -2.56. The van der Waals surface area contributed by atoms with E-state index >= 15 is 0 Å². The smallest absolute Gasteiger partial charge is 0.141 e. The Balaban J connectivity index is 0.973. The molecule has 0 radical (unpaired) electrons. The van der Waals surface area contributed by atoms with E-state index in [0.29, 0.717) is 23.9 Å². The van der Waals surface area contributed by atoms with Gasteiger partial charge in [0.2, 0.25) is 0 Å². The van der Waals surface area contributed by atoms with Crippen LogP contribution in [0.3, 0.4) is 0 Å². The van der Waals surface area contributed by atoms with E-state index in [1.165, 1.54) is 61.5 Å². The molecular weight excluding hydrogens is 643 g/mol. The van der Waals surface area contributed by atoms with Crippen molar-refractivity contribution in [1.29, 1.82) is 5.26 Å². The van der Waals surface area contributed by atoms with Gasteiger partial charge >= 0.3 is 0 Å². The van der Waals surface area contributed by atoms with Crippen LogP contribution in [0, 0.1) is 17.2 Å². The average Bonchev–Trinajstić information content (AvgIpc) is 3.20. The number of nitrogens with zero attached hydrogens (tertiary/aromatic N) is 1. The zero-order chi connectivity index (χ0) is 34.7. The van der Waals surface area contributed by atoms with Crippen LogP contribution in [-0.2, 0) is 0 Å². The van der Waals surface area contributed by atoms with Crippen LogP contribution in [0.25, 0.3) is 16.3 Å². The summed E-state index contributed by atoms with van der Waals surface area (Å²) in [4.78, 5) is 0. The van der Waals surface area contributed by atoms with Crippen LogP contribution in [0.4, 0.5) is 0 Å². The molecule has 3 aromatic carbocycles. The quantitative estimate of drug-likeness (QED) is 0.177. The van der Waals surface area contributed by atoms with Gasteiger partial charge in [0.25, 0.3) is 0 Å². The second-order valence-electron chi connectivity index (χ2n) is 14.2. The van der Waals surface area contributed by atoms with Gasteiger partial charge in [-0.2, -0.15) is 5.26 Å². The highest BCUT2D eigenvalue weighted by Crippen LogP contribution is 2.39. The van der Waals surface area contributed by atoms with E-state index in [0.717, 1.165) is 37.7 Å². The van der Waals surface area contributed by atoms with Gasteiger partial charge < -0.3 is 11.5 Å². The molecule has 8 rings (SSSR count). The van der Waals surface area contributed by atoms with Gasteiger partial charge in [0, 0.05) is 23.9 Å². The molecule has 0 saturated carbocycles. The molecule has 1 heterocycles. The molecular formula is C45H45N5S. The van der Waals surface area contributed by atoms with Gasteiger partial charge in [0.1, 0.15) is 5.37 Å². The Morgan fingerprint density at radius 2 is 1.65 bits per heavy atom. The topological polar surface area (TPSA) is 99.9 Å². The number of fused-ring (bicyclic) bond motifs is 2. The normalized spacial score (nSPS) is 26.9. The maximum Gasteiger partial charge on any atom is 0.141 e. The van der Waals surface area contributed by atoms with Crippen molar-refractivity contribution < 1.29 is 0 Å². The molecule has 51 heavy (non-hydrogen) atoms. The maximum absolute atomic E-state index is 9.02. The Morgan fingerprint density at radius 1 is 0.824 bits per heavy atom. The fourth-order valence-corrected chi connectivity index (χ4v) is 8.81. The maximum atomic E-state index is 9.02. The number of nitriles is 1. The van der Waals surface area contributed by atoms with Gasteiger partial charge in [-0.1, -0.05) is 133 Å². The summed E-state index contributed by atoms with van der Waals surface area (Å²) in [6.45, 7) is 0. The highest BCUT2D eigenvalue weighted by Gasteiger charge is 2.34. The van der Waals surface area contributed by atoms with Gasteiger partial charge in [-0.05, 0) is 87.9 Å². The van der Waals surface area contributed by atoms with Crippen LogP contribution >= 0.6 is 11.8 Å². The Labute approximate surface area is 306 Å². The van der Waals surface area contributed by atoms with Gasteiger partial charge in [-0.15, -0.1) is 11.8 Å². The van der Waals surface area contributed by atoms with Gasteiger partial charge in [0.15, 0.2) is 0 Å². The van der Waals surface area contributed by atoms with Gasteiger partial charge in [-0.3, -0.25) is 10.6 Å². The minimum absolute atomic E-state index is 0.176. The van der Waals surface area contributed by atoms with Gasteiger partial charge in [0.05, 0.1) is 17.6 Å². The van der Waals surface area contributed by atoms with Crippen LogP contribution in [0.5, 0.6) is 0 Å². The number of hydrogen-bond acceptors (Lipinski definition) is 6. The second-order valence-corrected chi connectivity index (χ2v) is 15.5. The number of rotatable bonds is 8. The number of nitrogens with one attached hydrogen (secondary N) is 2. The predicted octanol–water partition coefficient (Wildman–Crippen LogP) is 8.76. The van der Waals surface area contributed by atoms with Crippen LogP contribution in [0.1, 0.15) is 60.8 Å². The molecule has 0 bridgehead atoms. The van der Waals surface area contributed by atoms with Crippen molar-refractivity contribution in [2.75, 3.05) is 0 Å². The first-order valence-electron chi connectivity index (χ1n) is 18.2. The van der Waals surface area contributed by atoms with E-state index in [4.69, 9.17) is 16.7 Å². The van der Waals surface area contributed by atoms with Crippen molar-refractivity contribution in [3.63, 3.8) is 0 Å². The number of nitrogens with two attached hydrogens (primary N) is 2. The first kappa shape index (κ1) is 33.7. The summed E-state index contributed by atoms with van der Waals surface area (Å²) in [5.74, 6) is 0.696. The summed E-state index contributed by atoms with van der Waals surface area (Å²) >= 11 is 1.28. The molecule has 1 aliphatic heterocycles. The molecule has 256 valence electrons. The van der Waals surface area contributed by atoms with Crippen LogP contribution in [0.2, 0.25) is 0 Å². The lowest BCUT2D eigenvalue weighted by Gasteiger charge is -2.41. The predicted molar refractivity (Wildman–Crippen MR) is 213 cm³/mol. The number of benzene rings is 3. The SMILES string of the molecule is N#CC(N)SC(N)C1=CCC(c2ccc3cc(C4=CC5=CC=C(C6CC(c7ccccc7)NC(C7=CC=CCC7)N6)CC5C=C4)ccc3c2)C=C1. The summed E-state index contributed by atoms with van der Waals surface area (Å²) in [5.41, 5.74) is 22.6. The van der Waals surface area contributed by atoms with E-state index in [-0.39, 0.29) is 11.5 Å². The largest absolute Gasteiger partial charge is 0.316 e. The third kappa shape index (κ3) is 7.46. The molecule has 7 unspecified atom stereocenters. The molecule has 6 N–H and O–H groups in total. The Kier molecular flexibility index (Phi) is 9.91. The zero-order valence-corrected chi connectivity index (χ0v) is 29.6. The lowest BCUT2D eigenvalue weighted by molar-refractivity contribution is 0.279. The van der Waals surface area contributed by atoms with E-state index in [9.17, 15) is 0 Å². The van der Waals surface area contributed by atoms with Crippen molar-refractivity contribution in [2.24, 2.45) is 17.4 Å². The molecule has 7 atom stereocenters. The Morgan fingerprint density at radius 3 is 2.45 bits per heavy atom. The van der Waals surface area contributed by atoms with Crippen LogP contribution < -0.4 is 22.1 Å². The van der Waals surface area contributed by atoms with E-state index < -0.39 is 5.37 Å². The zero-order valence-electron chi connectivity index (χ0n) is 28.8. The van der Waals surface area contributed by atoms with Crippen molar-refractivity contribution in [3.05, 3.63) is 173 Å². The number of allylic oxidation sites excluding steroid dienone is 12. The van der Waals surface area contributed by atoms with Gasteiger partial charge in [-0.25, -0.2) is 0 Å². The molecule has 6 heteroatoms. The van der Waals surface area contributed by atoms with E-state index in [1.807, 2.05) is 6.07 Å². The molecule has 0 spiro atoms. The third-order valence-electron chi connectivity index (χ3n) is 11.0. The molecule has 0 aromatic heterocycles. The highest BCUT2D eigenvalue weighted by atomic mass is 32.2. The highest BCUT2D eigenvalue weighted by molar-refractivity contribution is 8.00. The lowest BCUT2D eigenvalue weighted by atomic mass is 9.78. The summed E-state index contributed by atoms with van der Waals surface area (Å²) in [7, 11) is 0. The summed E-state index contributed by atoms with van der Waals surface area (Å²) < 4.78 is 0. The molecule has 0 amide bonds. The van der Waals surface area contributed by atoms with E-state index in [1.54, 1.807) is 0 Å². The monoisotopic (exact) mass is 687 g/mol. The number of thioether (sulfide) groups is 1.